The molecule has 1 heterocycles. The number of rotatable bonds is 4. The van der Waals surface area contributed by atoms with Crippen LogP contribution in [0.2, 0.25) is 0 Å². The van der Waals surface area contributed by atoms with Gasteiger partial charge in [0.15, 0.2) is 5.82 Å². The molecule has 3 aromatic rings. The molecule has 0 aliphatic heterocycles. The van der Waals surface area contributed by atoms with Crippen molar-refractivity contribution < 1.29 is 0 Å². The van der Waals surface area contributed by atoms with Gasteiger partial charge < -0.3 is 10.6 Å². The van der Waals surface area contributed by atoms with Crippen molar-refractivity contribution >= 4 is 22.9 Å². The summed E-state index contributed by atoms with van der Waals surface area (Å²) in [6.45, 7) is 10.6. The van der Waals surface area contributed by atoms with Gasteiger partial charge in [-0.2, -0.15) is 0 Å². The van der Waals surface area contributed by atoms with E-state index < -0.39 is 0 Å². The molecule has 0 amide bonds. The third kappa shape index (κ3) is 5.06. The van der Waals surface area contributed by atoms with Gasteiger partial charge in [-0.15, -0.1) is 0 Å². The highest BCUT2D eigenvalue weighted by molar-refractivity contribution is 5.75. The molecule has 4 nitrogen and oxygen atoms in total. The molecule has 136 valence electrons. The Kier molecular flexibility index (Phi) is 6.73. The van der Waals surface area contributed by atoms with E-state index in [0.29, 0.717) is 0 Å². The van der Waals surface area contributed by atoms with Gasteiger partial charge in [0.2, 0.25) is 0 Å². The summed E-state index contributed by atoms with van der Waals surface area (Å²) < 4.78 is 0. The van der Waals surface area contributed by atoms with Crippen LogP contribution in [0.5, 0.6) is 0 Å². The molecule has 0 bridgehead atoms. The summed E-state index contributed by atoms with van der Waals surface area (Å²) >= 11 is 0. The van der Waals surface area contributed by atoms with Gasteiger partial charge in [0.05, 0.1) is 6.20 Å². The summed E-state index contributed by atoms with van der Waals surface area (Å²) in [5.74, 6) is 0.750. The second-order valence-electron chi connectivity index (χ2n) is 6.70. The van der Waals surface area contributed by atoms with E-state index in [4.69, 9.17) is 0 Å². The molecule has 26 heavy (non-hydrogen) atoms. The second kappa shape index (κ2) is 8.99. The molecule has 0 spiro atoms. The Labute approximate surface area is 156 Å². The molecular formula is C22H28N4. The molecule has 0 radical (unpaired) electrons. The normalized spacial score (nSPS) is 10.5. The Morgan fingerprint density at radius 3 is 2.12 bits per heavy atom. The maximum Gasteiger partial charge on any atom is 0.157 e. The first-order valence-electron chi connectivity index (χ1n) is 9.02. The van der Waals surface area contributed by atoms with E-state index in [2.05, 4.69) is 59.6 Å². The predicted molar refractivity (Wildman–Crippen MR) is 112 cm³/mol. The number of anilines is 4. The number of para-hydroxylation sites is 2. The molecule has 3 rings (SSSR count). The number of hydrogen-bond donors (Lipinski definition) is 2. The lowest BCUT2D eigenvalue weighted by Gasteiger charge is -2.24. The van der Waals surface area contributed by atoms with E-state index in [9.17, 15) is 0 Å². The molecule has 0 saturated heterocycles. The van der Waals surface area contributed by atoms with Crippen molar-refractivity contribution in [1.29, 1.82) is 0 Å². The van der Waals surface area contributed by atoms with Crippen LogP contribution >= 0.6 is 0 Å². The fourth-order valence-corrected chi connectivity index (χ4v) is 2.57. The van der Waals surface area contributed by atoms with E-state index in [1.807, 2.05) is 50.2 Å². The minimum atomic E-state index is 0.0479. The molecule has 4 heteroatoms. The van der Waals surface area contributed by atoms with E-state index in [-0.39, 0.29) is 5.41 Å². The third-order valence-electron chi connectivity index (χ3n) is 3.75. The lowest BCUT2D eigenvalue weighted by atomic mass is 9.86. The first kappa shape index (κ1) is 19.4. The van der Waals surface area contributed by atoms with Crippen LogP contribution in [0.1, 0.15) is 40.2 Å². The van der Waals surface area contributed by atoms with Crippen LogP contribution < -0.4 is 10.6 Å². The zero-order valence-corrected chi connectivity index (χ0v) is 16.2. The fraction of sp³-hybridized carbons (Fsp3) is 0.273. The molecule has 0 saturated carbocycles. The van der Waals surface area contributed by atoms with Crippen molar-refractivity contribution in [2.75, 3.05) is 10.6 Å². The van der Waals surface area contributed by atoms with Gasteiger partial charge in [-0.1, -0.05) is 71.0 Å². The van der Waals surface area contributed by atoms with E-state index in [1.54, 1.807) is 12.5 Å². The third-order valence-corrected chi connectivity index (χ3v) is 3.75. The molecule has 0 aliphatic rings. The number of benzene rings is 2. The van der Waals surface area contributed by atoms with Crippen LogP contribution in [0, 0.1) is 0 Å². The number of aromatic nitrogens is 2. The topological polar surface area (TPSA) is 49.8 Å². The van der Waals surface area contributed by atoms with Gasteiger partial charge >= 0.3 is 0 Å². The Morgan fingerprint density at radius 2 is 1.42 bits per heavy atom. The summed E-state index contributed by atoms with van der Waals surface area (Å²) in [6.07, 6.45) is 3.34. The number of nitrogens with zero attached hydrogens (tertiary/aromatic N) is 2. The van der Waals surface area contributed by atoms with Gasteiger partial charge in [0.1, 0.15) is 12.0 Å². The van der Waals surface area contributed by atoms with Crippen LogP contribution in [-0.2, 0) is 5.41 Å². The second-order valence-corrected chi connectivity index (χ2v) is 6.70. The molecule has 1 aromatic heterocycles. The summed E-state index contributed by atoms with van der Waals surface area (Å²) in [6, 6.07) is 18.3. The molecule has 0 atom stereocenters. The smallest absolute Gasteiger partial charge is 0.157 e. The van der Waals surface area contributed by atoms with Gasteiger partial charge in [-0.05, 0) is 29.2 Å². The molecule has 0 aliphatic carbocycles. The average Bonchev–Trinajstić information content (AvgIpc) is 2.65. The molecule has 2 aromatic carbocycles. The lowest BCUT2D eigenvalue weighted by Crippen LogP contribution is -2.14. The lowest BCUT2D eigenvalue weighted by molar-refractivity contribution is 0.592. The Balaban J connectivity index is 0.00000117. The average molecular weight is 348 g/mol. The Morgan fingerprint density at radius 1 is 0.769 bits per heavy atom. The van der Waals surface area contributed by atoms with Crippen molar-refractivity contribution in [3.8, 4) is 0 Å². The van der Waals surface area contributed by atoms with Gasteiger partial charge in [-0.3, -0.25) is 0 Å². The van der Waals surface area contributed by atoms with Crippen LogP contribution in [0.15, 0.2) is 67.1 Å². The van der Waals surface area contributed by atoms with E-state index >= 15 is 0 Å². The number of hydrogen-bond acceptors (Lipinski definition) is 4. The van der Waals surface area contributed by atoms with Crippen LogP contribution in [0.3, 0.4) is 0 Å². The zero-order chi connectivity index (χ0) is 19.0. The van der Waals surface area contributed by atoms with E-state index in [0.717, 1.165) is 22.9 Å². The fourth-order valence-electron chi connectivity index (χ4n) is 2.57. The molecule has 2 N–H and O–H groups in total. The monoisotopic (exact) mass is 348 g/mol. The first-order chi connectivity index (χ1) is 12.5. The predicted octanol–water partition coefficient (Wildman–Crippen LogP) is 6.29. The van der Waals surface area contributed by atoms with Crippen LogP contribution in [-0.4, -0.2) is 9.97 Å². The SMILES string of the molecule is CC.CC(C)(C)c1ccccc1Nc1cncnc1Nc1ccccc1. The van der Waals surface area contributed by atoms with Gasteiger partial charge in [0.25, 0.3) is 0 Å². The maximum atomic E-state index is 4.38. The van der Waals surface area contributed by atoms with Crippen molar-refractivity contribution in [1.82, 2.24) is 9.97 Å². The van der Waals surface area contributed by atoms with Crippen LogP contribution in [0.4, 0.5) is 22.9 Å². The molecule has 0 fully saturated rings. The van der Waals surface area contributed by atoms with Crippen molar-refractivity contribution in [2.45, 2.75) is 40.0 Å². The first-order valence-corrected chi connectivity index (χ1v) is 9.02. The highest BCUT2D eigenvalue weighted by Gasteiger charge is 2.18. The summed E-state index contributed by atoms with van der Waals surface area (Å²) in [7, 11) is 0. The van der Waals surface area contributed by atoms with Gasteiger partial charge in [-0.25, -0.2) is 9.97 Å². The van der Waals surface area contributed by atoms with Crippen molar-refractivity contribution in [2.24, 2.45) is 0 Å². The highest BCUT2D eigenvalue weighted by atomic mass is 15.1. The van der Waals surface area contributed by atoms with Crippen molar-refractivity contribution in [3.63, 3.8) is 0 Å². The van der Waals surface area contributed by atoms with E-state index in [1.165, 1.54) is 5.56 Å². The largest absolute Gasteiger partial charge is 0.351 e. The summed E-state index contributed by atoms with van der Waals surface area (Å²) in [5.41, 5.74) is 4.20. The maximum absolute atomic E-state index is 4.38. The Bertz CT molecular complexity index is 808. The molecular weight excluding hydrogens is 320 g/mol. The summed E-state index contributed by atoms with van der Waals surface area (Å²) in [5, 5.41) is 6.82. The summed E-state index contributed by atoms with van der Waals surface area (Å²) in [4.78, 5) is 8.54. The quantitative estimate of drug-likeness (QED) is 0.582. The van der Waals surface area contributed by atoms with Crippen molar-refractivity contribution in [3.05, 3.63) is 72.7 Å². The zero-order valence-electron chi connectivity index (χ0n) is 16.2. The van der Waals surface area contributed by atoms with Gasteiger partial charge in [0, 0.05) is 11.4 Å². The number of nitrogens with one attached hydrogen (secondary N) is 2. The van der Waals surface area contributed by atoms with Crippen LogP contribution in [0.25, 0.3) is 0 Å². The standard InChI is InChI=1S/C20H22N4.C2H6/c1-20(2,3)16-11-7-8-12-17(16)24-18-13-21-14-22-19(18)23-15-9-5-4-6-10-15;1-2/h4-14,24H,1-3H3,(H,21,22,23);1-2H3. The highest BCUT2D eigenvalue weighted by Crippen LogP contribution is 2.33. The Hall–Kier alpha value is -2.88. The minimum Gasteiger partial charge on any atom is -0.351 e. The minimum absolute atomic E-state index is 0.0479. The molecule has 0 unspecified atom stereocenters.